The van der Waals surface area contributed by atoms with Gasteiger partial charge in [-0.2, -0.15) is 0 Å². The average molecular weight is 284 g/mol. The maximum atomic E-state index is 11.8. The summed E-state index contributed by atoms with van der Waals surface area (Å²) >= 11 is 0. The summed E-state index contributed by atoms with van der Waals surface area (Å²) in [5.41, 5.74) is 1.80. The van der Waals surface area contributed by atoms with Gasteiger partial charge in [-0.15, -0.1) is 0 Å². The third-order valence-electron chi connectivity index (χ3n) is 2.92. The van der Waals surface area contributed by atoms with E-state index in [1.807, 2.05) is 39.0 Å². The lowest BCUT2D eigenvalue weighted by Gasteiger charge is -2.19. The minimum absolute atomic E-state index is 0.474. The zero-order valence-corrected chi connectivity index (χ0v) is 12.1. The van der Waals surface area contributed by atoms with Crippen LogP contribution in [0.2, 0.25) is 0 Å². The maximum absolute atomic E-state index is 11.8. The van der Waals surface area contributed by atoms with Crippen LogP contribution in [0.4, 0.5) is 10.5 Å². The first-order valence-electron chi connectivity index (χ1n) is 6.64. The summed E-state index contributed by atoms with van der Waals surface area (Å²) in [6.07, 6.45) is 2.79. The van der Waals surface area contributed by atoms with Gasteiger partial charge in [-0.3, -0.25) is 5.32 Å². The molecule has 2 aromatic heterocycles. The van der Waals surface area contributed by atoms with Crippen molar-refractivity contribution >= 4 is 33.7 Å². The Kier molecular flexibility index (Phi) is 3.01. The van der Waals surface area contributed by atoms with E-state index in [0.717, 1.165) is 21.9 Å². The molecule has 0 spiro atoms. The Morgan fingerprint density at radius 3 is 2.86 bits per heavy atom. The molecule has 0 radical (unpaired) electrons. The smallest absolute Gasteiger partial charge is 0.412 e. The number of hydrogen-bond acceptors (Lipinski definition) is 4. The fraction of sp³-hybridized carbons (Fsp3) is 0.267. The maximum Gasteiger partial charge on any atom is 0.412 e. The second-order valence-corrected chi connectivity index (χ2v) is 5.80. The highest BCUT2D eigenvalue weighted by atomic mass is 16.6. The number of carbonyl (C=O) groups is 1. The van der Waals surface area contributed by atoms with Gasteiger partial charge in [0.15, 0.2) is 0 Å². The van der Waals surface area contributed by atoms with Crippen molar-refractivity contribution < 1.29 is 9.53 Å². The van der Waals surface area contributed by atoms with Gasteiger partial charge >= 0.3 is 6.09 Å². The van der Waals surface area contributed by atoms with E-state index in [1.54, 1.807) is 6.20 Å². The van der Waals surface area contributed by atoms with E-state index in [2.05, 4.69) is 20.3 Å². The molecule has 2 N–H and O–H groups in total. The molecular formula is C15H16N4O2. The summed E-state index contributed by atoms with van der Waals surface area (Å²) in [4.78, 5) is 23.2. The molecule has 0 saturated heterocycles. The minimum atomic E-state index is -0.523. The van der Waals surface area contributed by atoms with Crippen LogP contribution in [0.1, 0.15) is 20.8 Å². The largest absolute Gasteiger partial charge is 0.444 e. The van der Waals surface area contributed by atoms with Crippen LogP contribution in [0, 0.1) is 0 Å². The Bertz CT molecular complexity index is 817. The van der Waals surface area contributed by atoms with Crippen LogP contribution in [-0.2, 0) is 4.74 Å². The van der Waals surface area contributed by atoms with E-state index in [0.29, 0.717) is 5.69 Å². The van der Waals surface area contributed by atoms with E-state index in [9.17, 15) is 4.79 Å². The highest BCUT2D eigenvalue weighted by molar-refractivity contribution is 6.06. The Hall–Kier alpha value is -2.63. The van der Waals surface area contributed by atoms with Crippen LogP contribution in [-0.4, -0.2) is 26.6 Å². The van der Waals surface area contributed by atoms with Crippen LogP contribution < -0.4 is 5.32 Å². The van der Waals surface area contributed by atoms with Crippen molar-refractivity contribution in [1.82, 2.24) is 15.0 Å². The molecule has 0 bridgehead atoms. The third-order valence-corrected chi connectivity index (χ3v) is 2.92. The monoisotopic (exact) mass is 284 g/mol. The van der Waals surface area contributed by atoms with Gasteiger partial charge in [-0.25, -0.2) is 14.8 Å². The van der Waals surface area contributed by atoms with Gasteiger partial charge in [0.2, 0.25) is 0 Å². The molecule has 0 fully saturated rings. The summed E-state index contributed by atoms with van der Waals surface area (Å²) in [6, 6.07) is 5.59. The van der Waals surface area contributed by atoms with E-state index in [-0.39, 0.29) is 0 Å². The molecule has 21 heavy (non-hydrogen) atoms. The fourth-order valence-electron chi connectivity index (χ4n) is 2.14. The molecule has 6 heteroatoms. The van der Waals surface area contributed by atoms with Gasteiger partial charge < -0.3 is 9.72 Å². The lowest BCUT2D eigenvalue weighted by Crippen LogP contribution is -2.27. The highest BCUT2D eigenvalue weighted by Gasteiger charge is 2.16. The van der Waals surface area contributed by atoms with Crippen molar-refractivity contribution in [1.29, 1.82) is 0 Å². The summed E-state index contributed by atoms with van der Waals surface area (Å²) in [6.45, 7) is 5.48. The first-order valence-corrected chi connectivity index (χ1v) is 6.64. The molecule has 0 unspecified atom stereocenters. The number of aromatic amines is 1. The summed E-state index contributed by atoms with van der Waals surface area (Å²) in [7, 11) is 0. The number of nitrogens with zero attached hydrogens (tertiary/aromatic N) is 2. The van der Waals surface area contributed by atoms with Gasteiger partial charge in [0.05, 0.1) is 0 Å². The molecule has 108 valence electrons. The highest BCUT2D eigenvalue weighted by Crippen LogP contribution is 2.25. The number of anilines is 1. The average Bonchev–Trinajstić information content (AvgIpc) is 2.73. The predicted octanol–water partition coefficient (Wildman–Crippen LogP) is 3.46. The lowest BCUT2D eigenvalue weighted by atomic mass is 10.2. The molecule has 1 aromatic carbocycles. The first-order chi connectivity index (χ1) is 9.92. The minimum Gasteiger partial charge on any atom is -0.444 e. The molecule has 2 heterocycles. The van der Waals surface area contributed by atoms with Crippen LogP contribution >= 0.6 is 0 Å². The Labute approximate surface area is 121 Å². The fourth-order valence-corrected chi connectivity index (χ4v) is 2.14. The Balaban J connectivity index is 1.91. The van der Waals surface area contributed by atoms with Gasteiger partial charge in [0.1, 0.15) is 17.6 Å². The predicted molar refractivity (Wildman–Crippen MR) is 81.3 cm³/mol. The lowest BCUT2D eigenvalue weighted by molar-refractivity contribution is 0.0636. The van der Waals surface area contributed by atoms with Crippen LogP contribution in [0.25, 0.3) is 21.9 Å². The molecule has 3 rings (SSSR count). The molecule has 0 aliphatic rings. The number of nitrogens with one attached hydrogen (secondary N) is 2. The molecule has 3 aromatic rings. The van der Waals surface area contributed by atoms with Crippen molar-refractivity contribution in [3.63, 3.8) is 0 Å². The second-order valence-electron chi connectivity index (χ2n) is 5.80. The van der Waals surface area contributed by atoms with Crippen LogP contribution in [0.3, 0.4) is 0 Å². The number of fused-ring (bicyclic) bond motifs is 3. The molecule has 0 saturated carbocycles. The van der Waals surface area contributed by atoms with E-state index >= 15 is 0 Å². The summed E-state index contributed by atoms with van der Waals surface area (Å²) in [5, 5.41) is 4.69. The van der Waals surface area contributed by atoms with Gasteiger partial charge in [0.25, 0.3) is 0 Å². The standard InChI is InChI=1S/C15H16N4O2/c1-15(2,3)21-14(20)18-9-4-5-10-11-7-16-8-17-13(11)19-12(10)6-9/h4-8H,1-3H3,(H,18,20)(H,16,17,19). The number of rotatable bonds is 1. The van der Waals surface area contributed by atoms with Crippen molar-refractivity contribution in [3.05, 3.63) is 30.7 Å². The number of H-pyrrole nitrogens is 1. The number of carbonyl (C=O) groups excluding carboxylic acids is 1. The van der Waals surface area contributed by atoms with Crippen molar-refractivity contribution in [3.8, 4) is 0 Å². The molecule has 0 aliphatic heterocycles. The molecule has 1 amide bonds. The zero-order valence-electron chi connectivity index (χ0n) is 12.1. The Morgan fingerprint density at radius 2 is 2.10 bits per heavy atom. The van der Waals surface area contributed by atoms with Crippen LogP contribution in [0.5, 0.6) is 0 Å². The van der Waals surface area contributed by atoms with Gasteiger partial charge in [-0.1, -0.05) is 6.07 Å². The SMILES string of the molecule is CC(C)(C)OC(=O)Nc1ccc2c(c1)[nH]c1ncncc12. The van der Waals surface area contributed by atoms with E-state index < -0.39 is 11.7 Å². The first kappa shape index (κ1) is 13.4. The quantitative estimate of drug-likeness (QED) is 0.717. The van der Waals surface area contributed by atoms with E-state index in [4.69, 9.17) is 4.74 Å². The summed E-state index contributed by atoms with van der Waals surface area (Å²) in [5.74, 6) is 0. The summed E-state index contributed by atoms with van der Waals surface area (Å²) < 4.78 is 5.23. The normalized spacial score (nSPS) is 11.8. The second kappa shape index (κ2) is 4.73. The molecular weight excluding hydrogens is 268 g/mol. The van der Waals surface area contributed by atoms with Gasteiger partial charge in [0, 0.05) is 28.2 Å². The number of benzene rings is 1. The molecule has 6 nitrogen and oxygen atoms in total. The Morgan fingerprint density at radius 1 is 1.29 bits per heavy atom. The topological polar surface area (TPSA) is 79.9 Å². The van der Waals surface area contributed by atoms with Crippen LogP contribution in [0.15, 0.2) is 30.7 Å². The van der Waals surface area contributed by atoms with Crippen molar-refractivity contribution in [2.75, 3.05) is 5.32 Å². The number of ether oxygens (including phenoxy) is 1. The van der Waals surface area contributed by atoms with Crippen molar-refractivity contribution in [2.24, 2.45) is 0 Å². The number of aromatic nitrogens is 3. The van der Waals surface area contributed by atoms with Gasteiger partial charge in [-0.05, 0) is 32.9 Å². The van der Waals surface area contributed by atoms with E-state index in [1.165, 1.54) is 6.33 Å². The number of hydrogen-bond donors (Lipinski definition) is 2. The molecule has 0 atom stereocenters. The zero-order chi connectivity index (χ0) is 15.0. The van der Waals surface area contributed by atoms with Crippen molar-refractivity contribution in [2.45, 2.75) is 26.4 Å². The molecule has 0 aliphatic carbocycles. The third kappa shape index (κ3) is 2.79. The number of amides is 1.